The summed E-state index contributed by atoms with van der Waals surface area (Å²) in [5.74, 6) is -29.3. The SMILES string of the molecule is C=Cc1c(F)c(F)c(B(c2c(F)c(F)c(C=C)c(F)c2F)c2c(F)c(F)c(C=C)c(F)c2F)c(F)c1F. The van der Waals surface area contributed by atoms with Crippen LogP contribution in [0.15, 0.2) is 19.7 Å². The van der Waals surface area contributed by atoms with Crippen molar-refractivity contribution >= 4 is 41.3 Å². The summed E-state index contributed by atoms with van der Waals surface area (Å²) in [5, 5.41) is 0. The van der Waals surface area contributed by atoms with Crippen LogP contribution in [-0.2, 0) is 0 Å². The van der Waals surface area contributed by atoms with Gasteiger partial charge in [-0.1, -0.05) is 38.0 Å². The van der Waals surface area contributed by atoms with Gasteiger partial charge in [0.2, 0.25) is 0 Å². The molecule has 0 amide bonds. The lowest BCUT2D eigenvalue weighted by Crippen LogP contribution is -2.60. The third-order valence-corrected chi connectivity index (χ3v) is 5.47. The van der Waals surface area contributed by atoms with Gasteiger partial charge in [-0.05, 0) is 0 Å². The Bertz CT molecular complexity index is 1240. The highest BCUT2D eigenvalue weighted by molar-refractivity contribution is 6.95. The molecule has 0 unspecified atom stereocenters. The van der Waals surface area contributed by atoms with Crippen molar-refractivity contribution in [2.45, 2.75) is 0 Å². The molecule has 0 aliphatic carbocycles. The first-order valence-corrected chi connectivity index (χ1v) is 9.72. The molecule has 0 atom stereocenters. The molecule has 0 fully saturated rings. The van der Waals surface area contributed by atoms with Crippen LogP contribution >= 0.6 is 0 Å². The molecular weight excluding hydrogens is 527 g/mol. The first-order chi connectivity index (χ1) is 17.3. The molecule has 0 bridgehead atoms. The number of rotatable bonds is 6. The Labute approximate surface area is 200 Å². The minimum absolute atomic E-state index is 0.258. The van der Waals surface area contributed by atoms with Crippen LogP contribution in [0.5, 0.6) is 0 Å². The Morgan fingerprint density at radius 1 is 0.324 bits per heavy atom. The molecule has 192 valence electrons. The Kier molecular flexibility index (Phi) is 7.38. The van der Waals surface area contributed by atoms with Crippen molar-refractivity contribution in [1.82, 2.24) is 0 Å². The zero-order chi connectivity index (χ0) is 28.1. The molecule has 0 heterocycles. The second-order valence-corrected chi connectivity index (χ2v) is 7.30. The first kappa shape index (κ1) is 27.7. The molecule has 0 saturated heterocycles. The van der Waals surface area contributed by atoms with E-state index in [0.29, 0.717) is 0 Å². The highest BCUT2D eigenvalue weighted by Gasteiger charge is 2.44. The van der Waals surface area contributed by atoms with Crippen molar-refractivity contribution in [2.24, 2.45) is 0 Å². The van der Waals surface area contributed by atoms with E-state index in [2.05, 4.69) is 19.7 Å². The number of hydrogen-bond donors (Lipinski definition) is 0. The second-order valence-electron chi connectivity index (χ2n) is 7.30. The quantitative estimate of drug-likeness (QED) is 0.212. The summed E-state index contributed by atoms with van der Waals surface area (Å²) in [6, 6.07) is 0. The molecule has 0 aliphatic rings. The minimum Gasteiger partial charge on any atom is -0.204 e. The van der Waals surface area contributed by atoms with Crippen LogP contribution in [0, 0.1) is 69.8 Å². The van der Waals surface area contributed by atoms with Gasteiger partial charge in [-0.15, -0.1) is 0 Å². The van der Waals surface area contributed by atoms with Gasteiger partial charge in [-0.25, -0.2) is 52.7 Å². The molecule has 0 N–H and O–H groups in total. The van der Waals surface area contributed by atoms with Gasteiger partial charge in [-0.3, -0.25) is 0 Å². The van der Waals surface area contributed by atoms with Crippen LogP contribution in [0.4, 0.5) is 52.7 Å². The van der Waals surface area contributed by atoms with E-state index in [0.717, 1.165) is 0 Å². The number of benzene rings is 3. The largest absolute Gasteiger partial charge is 0.265 e. The third kappa shape index (κ3) is 3.92. The van der Waals surface area contributed by atoms with Gasteiger partial charge in [0, 0.05) is 16.4 Å². The lowest BCUT2D eigenvalue weighted by Gasteiger charge is -2.22. The summed E-state index contributed by atoms with van der Waals surface area (Å²) < 4.78 is 177. The van der Waals surface area contributed by atoms with E-state index in [1.54, 1.807) is 0 Å². The van der Waals surface area contributed by atoms with E-state index in [-0.39, 0.29) is 18.2 Å². The Hall–Kier alpha value is -3.90. The average Bonchev–Trinajstić information content (AvgIpc) is 2.86. The van der Waals surface area contributed by atoms with Gasteiger partial charge in [-0.2, -0.15) is 0 Å². The Morgan fingerprint density at radius 2 is 0.486 bits per heavy atom. The van der Waals surface area contributed by atoms with Crippen molar-refractivity contribution in [1.29, 1.82) is 0 Å². The van der Waals surface area contributed by atoms with Crippen LogP contribution < -0.4 is 16.4 Å². The molecule has 13 heteroatoms. The standard InChI is InChI=1S/C24H9BF12/c1-4-7-13(26)19(32)10(20(33)14(7)27)25(11-21(34)15(28)8(5-2)16(29)22(11)35)12-23(36)17(30)9(6-3)18(31)24(12)37/h4-6H,1-3H2. The summed E-state index contributed by atoms with van der Waals surface area (Å²) in [4.78, 5) is 0. The van der Waals surface area contributed by atoms with Crippen molar-refractivity contribution in [2.75, 3.05) is 0 Å². The molecule has 0 saturated carbocycles. The van der Waals surface area contributed by atoms with Gasteiger partial charge in [0.25, 0.3) is 6.71 Å². The maximum atomic E-state index is 15.0. The fourth-order valence-electron chi connectivity index (χ4n) is 3.73. The summed E-state index contributed by atoms with van der Waals surface area (Å²) >= 11 is 0. The Morgan fingerprint density at radius 3 is 0.622 bits per heavy atom. The van der Waals surface area contributed by atoms with Crippen LogP contribution in [0.1, 0.15) is 16.7 Å². The molecule has 3 aromatic carbocycles. The monoisotopic (exact) mass is 536 g/mol. The van der Waals surface area contributed by atoms with E-state index >= 15 is 26.3 Å². The average molecular weight is 536 g/mol. The molecule has 0 spiro atoms. The lowest BCUT2D eigenvalue weighted by atomic mass is 9.35. The van der Waals surface area contributed by atoms with E-state index in [1.165, 1.54) is 0 Å². The Balaban J connectivity index is 2.71. The number of hydrogen-bond acceptors (Lipinski definition) is 0. The molecule has 3 aromatic rings. The van der Waals surface area contributed by atoms with Gasteiger partial charge >= 0.3 is 0 Å². The molecule has 3 rings (SSSR count). The number of halogens is 12. The zero-order valence-corrected chi connectivity index (χ0v) is 18.0. The third-order valence-electron chi connectivity index (χ3n) is 5.47. The summed E-state index contributed by atoms with van der Waals surface area (Å²) in [7, 11) is 0. The van der Waals surface area contributed by atoms with Crippen LogP contribution in [-0.4, -0.2) is 6.71 Å². The van der Waals surface area contributed by atoms with Crippen LogP contribution in [0.3, 0.4) is 0 Å². The van der Waals surface area contributed by atoms with Crippen molar-refractivity contribution in [3.63, 3.8) is 0 Å². The molecule has 0 aromatic heterocycles. The highest BCUT2D eigenvalue weighted by Crippen LogP contribution is 2.25. The normalized spacial score (nSPS) is 11.0. The highest BCUT2D eigenvalue weighted by atomic mass is 19.2. The lowest BCUT2D eigenvalue weighted by molar-refractivity contribution is 0.454. The smallest absolute Gasteiger partial charge is 0.204 e. The molecule has 0 radical (unpaired) electrons. The van der Waals surface area contributed by atoms with E-state index in [4.69, 9.17) is 0 Å². The van der Waals surface area contributed by atoms with Gasteiger partial charge < -0.3 is 0 Å². The molecule has 37 heavy (non-hydrogen) atoms. The predicted octanol–water partition coefficient (Wildman–Crippen LogP) is 5.80. The van der Waals surface area contributed by atoms with Crippen molar-refractivity contribution in [3.8, 4) is 0 Å². The first-order valence-electron chi connectivity index (χ1n) is 9.72. The van der Waals surface area contributed by atoms with E-state index in [1.807, 2.05) is 0 Å². The maximum Gasteiger partial charge on any atom is 0.265 e. The fraction of sp³-hybridized carbons (Fsp3) is 0. The molecular formula is C24H9BF12. The summed E-state index contributed by atoms with van der Waals surface area (Å²) in [6.45, 7) is 5.13. The summed E-state index contributed by atoms with van der Waals surface area (Å²) in [5.41, 5.74) is -11.3. The summed E-state index contributed by atoms with van der Waals surface area (Å²) in [6.07, 6.45) is 0.775. The molecule has 0 aliphatic heterocycles. The van der Waals surface area contributed by atoms with Gasteiger partial charge in [0.1, 0.15) is 0 Å². The molecule has 0 nitrogen and oxygen atoms in total. The van der Waals surface area contributed by atoms with E-state index < -0.39 is 110 Å². The second kappa shape index (κ2) is 9.87. The topological polar surface area (TPSA) is 0 Å². The minimum atomic E-state index is -3.56. The van der Waals surface area contributed by atoms with Crippen LogP contribution in [0.2, 0.25) is 0 Å². The van der Waals surface area contributed by atoms with Crippen molar-refractivity contribution < 1.29 is 52.7 Å². The predicted molar refractivity (Wildman–Crippen MR) is 114 cm³/mol. The van der Waals surface area contributed by atoms with Gasteiger partial charge in [0.05, 0.1) is 16.7 Å². The van der Waals surface area contributed by atoms with Gasteiger partial charge in [0.15, 0.2) is 69.8 Å². The van der Waals surface area contributed by atoms with Crippen molar-refractivity contribution in [3.05, 3.63) is 106 Å². The zero-order valence-electron chi connectivity index (χ0n) is 18.0. The van der Waals surface area contributed by atoms with Crippen LogP contribution in [0.25, 0.3) is 18.2 Å². The fourth-order valence-corrected chi connectivity index (χ4v) is 3.73. The maximum absolute atomic E-state index is 15.0. The van der Waals surface area contributed by atoms with E-state index in [9.17, 15) is 26.3 Å².